The predicted molar refractivity (Wildman–Crippen MR) is 143 cm³/mol. The third-order valence-electron chi connectivity index (χ3n) is 5.73. The van der Waals surface area contributed by atoms with Crippen LogP contribution < -0.4 is 13.9 Å². The standard InChI is InChI=1S/C29H36NO3P/c1-5-6-7-10-15-24(2)29(25-20-22-26(23-21-25)30(3)4)34(31,32-27-16-11-8-12-17-27)33-28-18-13-9-14-19-28/h8-9,11-14,16-23,29H,2,5-7,10,15H2,1,3-4H3. The minimum atomic E-state index is -3.76. The second kappa shape index (κ2) is 12.5. The molecule has 0 N–H and O–H groups in total. The molecule has 4 nitrogen and oxygen atoms in total. The van der Waals surface area contributed by atoms with E-state index in [0.717, 1.165) is 42.5 Å². The van der Waals surface area contributed by atoms with Gasteiger partial charge in [-0.05, 0) is 54.8 Å². The van der Waals surface area contributed by atoms with E-state index in [2.05, 4.69) is 13.5 Å². The molecule has 34 heavy (non-hydrogen) atoms. The van der Waals surface area contributed by atoms with Gasteiger partial charge < -0.3 is 13.9 Å². The smallest absolute Gasteiger partial charge is 0.415 e. The van der Waals surface area contributed by atoms with E-state index in [4.69, 9.17) is 9.05 Å². The predicted octanol–water partition coefficient (Wildman–Crippen LogP) is 8.67. The van der Waals surface area contributed by atoms with Crippen molar-refractivity contribution in [2.75, 3.05) is 19.0 Å². The lowest BCUT2D eigenvalue weighted by Crippen LogP contribution is -2.14. The first-order valence-corrected chi connectivity index (χ1v) is 13.6. The largest absolute Gasteiger partial charge is 0.442 e. The molecule has 3 rings (SSSR count). The van der Waals surface area contributed by atoms with E-state index in [9.17, 15) is 4.57 Å². The van der Waals surface area contributed by atoms with Crippen LogP contribution in [0.4, 0.5) is 5.69 Å². The number of nitrogens with zero attached hydrogens (tertiary/aromatic N) is 1. The van der Waals surface area contributed by atoms with Crippen molar-refractivity contribution >= 4 is 13.3 Å². The first-order valence-electron chi connectivity index (χ1n) is 12.0. The van der Waals surface area contributed by atoms with Crippen LogP contribution in [0.5, 0.6) is 11.5 Å². The van der Waals surface area contributed by atoms with Gasteiger partial charge in [0.2, 0.25) is 0 Å². The van der Waals surface area contributed by atoms with Crippen molar-refractivity contribution < 1.29 is 13.6 Å². The number of allylic oxidation sites excluding steroid dienone is 1. The normalized spacial score (nSPS) is 12.1. The molecule has 0 saturated carbocycles. The molecule has 0 aliphatic rings. The van der Waals surface area contributed by atoms with Gasteiger partial charge in [0.05, 0.1) is 0 Å². The van der Waals surface area contributed by atoms with Crippen molar-refractivity contribution in [2.45, 2.75) is 44.7 Å². The first kappa shape index (κ1) is 25.6. The van der Waals surface area contributed by atoms with Crippen molar-refractivity contribution in [3.05, 3.63) is 103 Å². The molecule has 5 heteroatoms. The van der Waals surface area contributed by atoms with Gasteiger partial charge in [-0.15, -0.1) is 0 Å². The lowest BCUT2D eigenvalue weighted by atomic mass is 10.00. The van der Waals surface area contributed by atoms with Crippen LogP contribution >= 0.6 is 7.60 Å². The Morgan fingerprint density at radius 3 is 1.82 bits per heavy atom. The van der Waals surface area contributed by atoms with E-state index in [-0.39, 0.29) is 0 Å². The summed E-state index contributed by atoms with van der Waals surface area (Å²) in [6.45, 7) is 6.59. The van der Waals surface area contributed by atoms with Gasteiger partial charge in [-0.25, -0.2) is 4.57 Å². The topological polar surface area (TPSA) is 38.8 Å². The van der Waals surface area contributed by atoms with Crippen molar-refractivity contribution in [1.29, 1.82) is 0 Å². The Kier molecular flexibility index (Phi) is 9.42. The highest BCUT2D eigenvalue weighted by Gasteiger charge is 2.42. The molecule has 0 aromatic heterocycles. The van der Waals surface area contributed by atoms with Crippen molar-refractivity contribution in [2.24, 2.45) is 0 Å². The number of anilines is 1. The van der Waals surface area contributed by atoms with Gasteiger partial charge in [-0.2, -0.15) is 0 Å². The molecule has 0 aliphatic carbocycles. The maximum absolute atomic E-state index is 14.7. The second-order valence-electron chi connectivity index (χ2n) is 8.71. The maximum atomic E-state index is 14.7. The third kappa shape index (κ3) is 7.01. The minimum absolute atomic E-state index is 0.510. The van der Waals surface area contributed by atoms with Gasteiger partial charge in [-0.3, -0.25) is 0 Å². The average Bonchev–Trinajstić information content (AvgIpc) is 2.83. The maximum Gasteiger partial charge on any atom is 0.442 e. The highest BCUT2D eigenvalue weighted by molar-refractivity contribution is 7.55. The molecule has 180 valence electrons. The molecule has 0 heterocycles. The lowest BCUT2D eigenvalue weighted by molar-refractivity contribution is 0.376. The summed E-state index contributed by atoms with van der Waals surface area (Å²) in [5, 5.41) is 0. The molecular weight excluding hydrogens is 441 g/mol. The summed E-state index contributed by atoms with van der Waals surface area (Å²) in [4.78, 5) is 2.04. The summed E-state index contributed by atoms with van der Waals surface area (Å²) in [5.41, 5.74) is 2.22. The van der Waals surface area contributed by atoms with Crippen molar-refractivity contribution in [1.82, 2.24) is 0 Å². The summed E-state index contributed by atoms with van der Waals surface area (Å²) in [6.07, 6.45) is 5.21. The average molecular weight is 478 g/mol. The van der Waals surface area contributed by atoms with Crippen LogP contribution in [-0.2, 0) is 4.57 Å². The summed E-state index contributed by atoms with van der Waals surface area (Å²) in [6, 6.07) is 26.5. The van der Waals surface area contributed by atoms with Crippen molar-refractivity contribution in [3.8, 4) is 11.5 Å². The van der Waals surface area contributed by atoms with Crippen LogP contribution in [0.3, 0.4) is 0 Å². The number of para-hydroxylation sites is 2. The van der Waals surface area contributed by atoms with Crippen LogP contribution in [0.1, 0.15) is 50.3 Å². The lowest BCUT2D eigenvalue weighted by Gasteiger charge is -2.29. The zero-order chi connectivity index (χ0) is 24.4. The van der Waals surface area contributed by atoms with E-state index in [1.165, 1.54) is 6.42 Å². The molecule has 3 aromatic carbocycles. The van der Waals surface area contributed by atoms with E-state index < -0.39 is 13.3 Å². The van der Waals surface area contributed by atoms with Gasteiger partial charge in [0.1, 0.15) is 17.2 Å². The summed E-state index contributed by atoms with van der Waals surface area (Å²) in [7, 11) is 0.243. The Labute approximate surface area is 204 Å². The molecule has 1 unspecified atom stereocenters. The van der Waals surface area contributed by atoms with E-state index in [0.29, 0.717) is 11.5 Å². The Balaban J connectivity index is 2.03. The molecule has 0 bridgehead atoms. The highest BCUT2D eigenvalue weighted by atomic mass is 31.2. The number of rotatable bonds is 13. The van der Waals surface area contributed by atoms with Crippen LogP contribution in [0.25, 0.3) is 0 Å². The Morgan fingerprint density at radius 1 is 0.824 bits per heavy atom. The monoisotopic (exact) mass is 477 g/mol. The van der Waals surface area contributed by atoms with E-state index >= 15 is 0 Å². The molecule has 3 aromatic rings. The van der Waals surface area contributed by atoms with Crippen molar-refractivity contribution in [3.63, 3.8) is 0 Å². The van der Waals surface area contributed by atoms with Gasteiger partial charge in [0.25, 0.3) is 0 Å². The number of hydrogen-bond acceptors (Lipinski definition) is 4. The minimum Gasteiger partial charge on any atom is -0.415 e. The fraction of sp³-hybridized carbons (Fsp3) is 0.310. The van der Waals surface area contributed by atoms with E-state index in [1.54, 1.807) is 24.3 Å². The van der Waals surface area contributed by atoms with Crippen LogP contribution in [0.15, 0.2) is 97.1 Å². The molecular formula is C29H36NO3P. The zero-order valence-corrected chi connectivity index (χ0v) is 21.4. The number of unbranched alkanes of at least 4 members (excludes halogenated alkanes) is 3. The van der Waals surface area contributed by atoms with Gasteiger partial charge in [0, 0.05) is 19.8 Å². The van der Waals surface area contributed by atoms with Gasteiger partial charge in [-0.1, -0.05) is 86.9 Å². The molecule has 0 amide bonds. The summed E-state index contributed by atoms with van der Waals surface area (Å²) in [5.74, 6) is 1.02. The Bertz CT molecular complexity index is 1020. The van der Waals surface area contributed by atoms with Gasteiger partial charge in [0.15, 0.2) is 0 Å². The van der Waals surface area contributed by atoms with E-state index in [1.807, 2.05) is 79.7 Å². The highest BCUT2D eigenvalue weighted by Crippen LogP contribution is 2.63. The van der Waals surface area contributed by atoms with Gasteiger partial charge >= 0.3 is 7.60 Å². The molecule has 0 radical (unpaired) electrons. The first-order chi connectivity index (χ1) is 16.4. The fourth-order valence-corrected chi connectivity index (χ4v) is 6.09. The van der Waals surface area contributed by atoms with Crippen LogP contribution in [0.2, 0.25) is 0 Å². The zero-order valence-electron chi connectivity index (χ0n) is 20.5. The Hall–Kier alpha value is -2.97. The quantitative estimate of drug-likeness (QED) is 0.140. The summed E-state index contributed by atoms with van der Waals surface area (Å²) < 4.78 is 27.1. The fourth-order valence-electron chi connectivity index (χ4n) is 3.89. The number of benzene rings is 3. The van der Waals surface area contributed by atoms with Crippen LogP contribution in [0, 0.1) is 0 Å². The second-order valence-corrected chi connectivity index (χ2v) is 10.7. The molecule has 0 saturated heterocycles. The molecule has 0 aliphatic heterocycles. The van der Waals surface area contributed by atoms with Crippen LogP contribution in [-0.4, -0.2) is 14.1 Å². The third-order valence-corrected chi connectivity index (χ3v) is 7.96. The SMILES string of the molecule is C=C(CCCCCC)C(c1ccc(N(C)C)cc1)P(=O)(Oc1ccccc1)Oc1ccccc1. The summed E-state index contributed by atoms with van der Waals surface area (Å²) >= 11 is 0. The molecule has 1 atom stereocenters. The molecule has 0 fully saturated rings. The number of hydrogen-bond donors (Lipinski definition) is 0. The Morgan fingerprint density at radius 2 is 1.35 bits per heavy atom. The molecule has 0 spiro atoms.